The van der Waals surface area contributed by atoms with Crippen molar-refractivity contribution in [1.29, 1.82) is 0 Å². The maximum absolute atomic E-state index is 8.39. The molecule has 0 bridgehead atoms. The molecule has 0 aliphatic carbocycles. The quantitative estimate of drug-likeness (QED) is 0.418. The Morgan fingerprint density at radius 3 is 1.20 bits per heavy atom. The van der Waals surface area contributed by atoms with Crippen molar-refractivity contribution < 1.29 is 49.5 Å². The predicted octanol–water partition coefficient (Wildman–Crippen LogP) is -0.885. The molecule has 0 rings (SSSR count). The van der Waals surface area contributed by atoms with Gasteiger partial charge in [-0.2, -0.15) is 0 Å². The molecule has 0 heterocycles. The maximum Gasteiger partial charge on any atom is 0 e. The van der Waals surface area contributed by atoms with Crippen molar-refractivity contribution in [3.05, 3.63) is 0 Å². The van der Waals surface area contributed by atoms with Gasteiger partial charge in [-0.1, -0.05) is 0 Å². The van der Waals surface area contributed by atoms with E-state index in [0.717, 1.165) is 0 Å². The molecule has 0 unspecified atom stereocenters. The summed E-state index contributed by atoms with van der Waals surface area (Å²) in [5.74, 6) is 0. The normalized spacial score (nSPS) is 0.800. The Labute approximate surface area is 91.1 Å². The summed E-state index contributed by atoms with van der Waals surface area (Å²) < 4.78 is 8.39. The predicted molar refractivity (Wildman–Crippen MR) is 12.2 cm³/mol. The van der Waals surface area contributed by atoms with E-state index in [9.17, 15) is 0 Å². The van der Waals surface area contributed by atoms with Gasteiger partial charge in [-0.3, -0.25) is 0 Å². The molecule has 5 heteroatoms. The van der Waals surface area contributed by atoms with Crippen molar-refractivity contribution in [2.75, 3.05) is 0 Å². The minimum atomic E-state index is 0. The molecular weight excluding hydrogens is 474 g/mol. The van der Waals surface area contributed by atoms with Gasteiger partial charge < -0.3 is 0 Å². The average molecular weight is 474 g/mol. The Bertz CT molecular complexity index is 11.6. The van der Waals surface area contributed by atoms with Gasteiger partial charge in [0.2, 0.25) is 0 Å². The summed E-state index contributed by atoms with van der Waals surface area (Å²) >= 11 is 0.0556. The van der Waals surface area contributed by atoms with Crippen LogP contribution in [0.5, 0.6) is 0 Å². The van der Waals surface area contributed by atoms with Gasteiger partial charge in [0.1, 0.15) is 0 Å². The van der Waals surface area contributed by atoms with Crippen molar-refractivity contribution in [1.82, 2.24) is 0 Å². The van der Waals surface area contributed by atoms with Crippen LogP contribution in [0.15, 0.2) is 0 Å². The van der Waals surface area contributed by atoms with Crippen LogP contribution in [0.2, 0.25) is 0 Å². The van der Waals surface area contributed by atoms with E-state index in [1.54, 1.807) is 0 Å². The van der Waals surface area contributed by atoms with Crippen molar-refractivity contribution >= 4 is 43.4 Å². The van der Waals surface area contributed by atoms with Crippen molar-refractivity contribution in [2.45, 2.75) is 0 Å². The molecule has 5 heavy (non-hydrogen) atoms. The van der Waals surface area contributed by atoms with E-state index >= 15 is 0 Å². The SMILES string of the molecule is [Cd].[Ge].[O]=[Pb].[Zn]. The summed E-state index contributed by atoms with van der Waals surface area (Å²) in [6.45, 7) is 0. The molecule has 0 spiro atoms. The Hall–Kier alpha value is 2.81. The molecule has 0 aromatic rings. The van der Waals surface area contributed by atoms with Gasteiger partial charge in [0.05, 0.1) is 0 Å². The Kier molecular flexibility index (Phi) is 145. The number of rotatable bonds is 0. The fourth-order valence-corrected chi connectivity index (χ4v) is 0. The molecule has 0 saturated heterocycles. The number of hydrogen-bond acceptors (Lipinski definition) is 1. The Balaban J connectivity index is -0.00000000167. The molecule has 0 saturated carbocycles. The first-order valence-electron chi connectivity index (χ1n) is 0.204. The fourth-order valence-electron chi connectivity index (χ4n) is 0. The van der Waals surface area contributed by atoms with E-state index in [1.807, 2.05) is 0 Å². The monoisotopic (exact) mass is 476 g/mol. The molecule has 0 amide bonds. The summed E-state index contributed by atoms with van der Waals surface area (Å²) in [7, 11) is 0. The van der Waals surface area contributed by atoms with Gasteiger partial charge >= 0.3 is 28.5 Å². The van der Waals surface area contributed by atoms with Crippen LogP contribution in [0, 0.1) is 0 Å². The second-order valence-corrected chi connectivity index (χ2v) is 0. The van der Waals surface area contributed by atoms with Crippen LogP contribution in [0.4, 0.5) is 0 Å². The van der Waals surface area contributed by atoms with Crippen LogP contribution in [-0.2, 0) is 49.5 Å². The first-order valence-corrected chi connectivity index (χ1v) is 1.79. The zero-order valence-electron chi connectivity index (χ0n) is 2.82. The van der Waals surface area contributed by atoms with Crippen LogP contribution in [-0.4, -0.2) is 43.4 Å². The average Bonchev–Trinajstić information content (AvgIpc) is 1.00. The number of hydrogen-bond donors (Lipinski definition) is 0. The molecule has 0 aliphatic heterocycles. The third-order valence-corrected chi connectivity index (χ3v) is 0. The fraction of sp³-hybridized carbons (Fsp3) is 0. The molecule has 0 N–H and O–H groups in total. The molecule has 6 radical (unpaired) electrons. The smallest absolute Gasteiger partial charge is 0 e. The minimum absolute atomic E-state index is 0. The van der Waals surface area contributed by atoms with Crippen molar-refractivity contribution in [3.63, 3.8) is 0 Å². The molecule has 0 aromatic carbocycles. The second kappa shape index (κ2) is 29.1. The molecule has 0 aromatic heterocycles. The topological polar surface area (TPSA) is 17.1 Å². The van der Waals surface area contributed by atoms with E-state index in [-0.39, 0.29) is 90.2 Å². The molecular formula is CdGeOPbZn. The summed E-state index contributed by atoms with van der Waals surface area (Å²) in [6.07, 6.45) is 0. The van der Waals surface area contributed by atoms with Gasteiger partial charge in [-0.05, 0) is 0 Å². The Morgan fingerprint density at radius 2 is 1.20 bits per heavy atom. The van der Waals surface area contributed by atoms with Gasteiger partial charge in [0.15, 0.2) is 0 Å². The molecule has 0 aliphatic rings. The molecule has 0 fully saturated rings. The van der Waals surface area contributed by atoms with E-state index in [1.165, 1.54) is 0 Å². The van der Waals surface area contributed by atoms with Crippen LogP contribution in [0.3, 0.4) is 0 Å². The molecule has 1 nitrogen and oxygen atoms in total. The van der Waals surface area contributed by atoms with Gasteiger partial charge in [-0.25, -0.2) is 0 Å². The van der Waals surface area contributed by atoms with Crippen molar-refractivity contribution in [2.24, 2.45) is 0 Å². The van der Waals surface area contributed by atoms with Gasteiger partial charge in [0, 0.05) is 64.4 Å². The van der Waals surface area contributed by atoms with Crippen LogP contribution >= 0.6 is 0 Å². The minimum Gasteiger partial charge on any atom is 0 e. The van der Waals surface area contributed by atoms with Crippen molar-refractivity contribution in [3.8, 4) is 0 Å². The molecule has 18 valence electrons. The standard InChI is InChI=1S/Cd.Ge.O.Pb.Zn. The first kappa shape index (κ1) is 25.0. The summed E-state index contributed by atoms with van der Waals surface area (Å²) in [6, 6.07) is 0. The zero-order chi connectivity index (χ0) is 2.00. The van der Waals surface area contributed by atoms with E-state index in [2.05, 4.69) is 0 Å². The van der Waals surface area contributed by atoms with E-state index < -0.39 is 0 Å². The maximum atomic E-state index is 8.39. The summed E-state index contributed by atoms with van der Waals surface area (Å²) in [5.41, 5.74) is 0. The third kappa shape index (κ3) is 20.0. The second-order valence-electron chi connectivity index (χ2n) is 0. The zero-order valence-corrected chi connectivity index (χ0v) is 15.8. The Morgan fingerprint density at radius 1 is 1.20 bits per heavy atom. The van der Waals surface area contributed by atoms with Gasteiger partial charge in [-0.15, -0.1) is 0 Å². The largest absolute Gasteiger partial charge is 0 e. The van der Waals surface area contributed by atoms with Crippen LogP contribution in [0.25, 0.3) is 0 Å². The van der Waals surface area contributed by atoms with Gasteiger partial charge in [0.25, 0.3) is 0 Å². The van der Waals surface area contributed by atoms with E-state index in [0.29, 0.717) is 0 Å². The first-order chi connectivity index (χ1) is 1.00. The summed E-state index contributed by atoms with van der Waals surface area (Å²) in [4.78, 5) is 0. The third-order valence-electron chi connectivity index (χ3n) is 0. The summed E-state index contributed by atoms with van der Waals surface area (Å²) in [5, 5.41) is 0. The van der Waals surface area contributed by atoms with Crippen LogP contribution < -0.4 is 0 Å². The molecule has 0 atom stereocenters. The van der Waals surface area contributed by atoms with Crippen LogP contribution in [0.1, 0.15) is 0 Å². The van der Waals surface area contributed by atoms with E-state index in [4.69, 9.17) is 2.69 Å².